The van der Waals surface area contributed by atoms with Crippen LogP contribution in [0.1, 0.15) is 16.7 Å². The summed E-state index contributed by atoms with van der Waals surface area (Å²) in [6.45, 7) is 0. The lowest BCUT2D eigenvalue weighted by molar-refractivity contribution is -0.138. The van der Waals surface area contributed by atoms with Gasteiger partial charge in [0.2, 0.25) is 0 Å². The first-order valence-corrected chi connectivity index (χ1v) is 6.79. The molecule has 0 saturated carbocycles. The third kappa shape index (κ3) is 4.40. The lowest BCUT2D eigenvalue weighted by atomic mass is 9.93. The number of alkyl halides is 6. The van der Waals surface area contributed by atoms with Crippen molar-refractivity contribution in [3.8, 4) is 11.1 Å². The van der Waals surface area contributed by atoms with Crippen LogP contribution in [0.2, 0.25) is 0 Å². The number of carboxylic acids is 1. The zero-order valence-electron chi connectivity index (χ0n) is 12.3. The molecule has 2 nitrogen and oxygen atoms in total. The molecule has 25 heavy (non-hydrogen) atoms. The molecule has 0 amide bonds. The maximum Gasteiger partial charge on any atom is 0.417 e. The first-order valence-electron chi connectivity index (χ1n) is 6.79. The quantitative estimate of drug-likeness (QED) is 0.581. The van der Waals surface area contributed by atoms with Crippen molar-refractivity contribution < 1.29 is 36.2 Å². The SMILES string of the molecule is O=C(O)/C=C/c1cccc(C(F)(F)F)c1-c1ccc(C(F)(F)F)cc1. The Labute approximate surface area is 138 Å². The van der Waals surface area contributed by atoms with Crippen molar-refractivity contribution in [1.82, 2.24) is 0 Å². The highest BCUT2D eigenvalue weighted by molar-refractivity contribution is 5.88. The third-order valence-electron chi connectivity index (χ3n) is 3.31. The van der Waals surface area contributed by atoms with Crippen molar-refractivity contribution in [3.05, 3.63) is 65.2 Å². The molecular formula is C17H10F6O2. The van der Waals surface area contributed by atoms with Crippen LogP contribution in [0, 0.1) is 0 Å². The lowest BCUT2D eigenvalue weighted by Crippen LogP contribution is -2.09. The van der Waals surface area contributed by atoms with E-state index in [0.717, 1.165) is 30.3 Å². The highest BCUT2D eigenvalue weighted by Crippen LogP contribution is 2.40. The Morgan fingerprint density at radius 3 is 1.96 bits per heavy atom. The van der Waals surface area contributed by atoms with E-state index in [4.69, 9.17) is 5.11 Å². The summed E-state index contributed by atoms with van der Waals surface area (Å²) in [7, 11) is 0. The molecule has 0 aliphatic heterocycles. The molecule has 0 fully saturated rings. The van der Waals surface area contributed by atoms with E-state index in [1.165, 1.54) is 6.07 Å². The van der Waals surface area contributed by atoms with Gasteiger partial charge in [-0.1, -0.05) is 24.3 Å². The molecule has 0 bridgehead atoms. The van der Waals surface area contributed by atoms with E-state index in [2.05, 4.69) is 0 Å². The van der Waals surface area contributed by atoms with Crippen LogP contribution in [0.15, 0.2) is 48.5 Å². The van der Waals surface area contributed by atoms with Crippen molar-refractivity contribution in [2.24, 2.45) is 0 Å². The fourth-order valence-corrected chi connectivity index (χ4v) is 2.25. The molecule has 0 radical (unpaired) electrons. The van der Waals surface area contributed by atoms with Gasteiger partial charge in [0.05, 0.1) is 11.1 Å². The largest absolute Gasteiger partial charge is 0.478 e. The molecule has 0 saturated heterocycles. The van der Waals surface area contributed by atoms with Crippen LogP contribution < -0.4 is 0 Å². The average molecular weight is 360 g/mol. The summed E-state index contributed by atoms with van der Waals surface area (Å²) in [6.07, 6.45) is -7.76. The Bertz CT molecular complexity index is 801. The molecule has 0 atom stereocenters. The minimum atomic E-state index is -4.76. The average Bonchev–Trinajstić information content (AvgIpc) is 2.51. The van der Waals surface area contributed by atoms with E-state index in [1.54, 1.807) is 0 Å². The van der Waals surface area contributed by atoms with E-state index in [9.17, 15) is 31.1 Å². The number of carbonyl (C=O) groups is 1. The second-order valence-electron chi connectivity index (χ2n) is 5.01. The second kappa shape index (κ2) is 6.62. The summed E-state index contributed by atoms with van der Waals surface area (Å²) < 4.78 is 77.7. The summed E-state index contributed by atoms with van der Waals surface area (Å²) in [5, 5.41) is 8.66. The maximum absolute atomic E-state index is 13.3. The van der Waals surface area contributed by atoms with Gasteiger partial charge in [-0.25, -0.2) is 4.79 Å². The summed E-state index contributed by atoms with van der Waals surface area (Å²) in [5.74, 6) is -1.37. The molecule has 0 spiro atoms. The predicted molar refractivity (Wildman–Crippen MR) is 78.6 cm³/mol. The van der Waals surface area contributed by atoms with Crippen molar-refractivity contribution in [2.75, 3.05) is 0 Å². The number of carboxylic acid groups (broad SMARTS) is 1. The molecule has 0 heterocycles. The number of hydrogen-bond donors (Lipinski definition) is 1. The Hall–Kier alpha value is -2.77. The topological polar surface area (TPSA) is 37.3 Å². The van der Waals surface area contributed by atoms with E-state index >= 15 is 0 Å². The molecule has 0 unspecified atom stereocenters. The van der Waals surface area contributed by atoms with Gasteiger partial charge in [0, 0.05) is 11.6 Å². The van der Waals surface area contributed by atoms with Crippen LogP contribution >= 0.6 is 0 Å². The molecule has 2 aromatic carbocycles. The van der Waals surface area contributed by atoms with Crippen LogP contribution in [0.4, 0.5) is 26.3 Å². The number of rotatable bonds is 3. The molecule has 2 rings (SSSR count). The Balaban J connectivity index is 2.66. The van der Waals surface area contributed by atoms with Crippen molar-refractivity contribution >= 4 is 12.0 Å². The summed E-state index contributed by atoms with van der Waals surface area (Å²) >= 11 is 0. The van der Waals surface area contributed by atoms with Crippen LogP contribution in [-0.4, -0.2) is 11.1 Å². The standard InChI is InChI=1S/C17H10F6O2/c18-16(19,20)12-7-4-11(5-8-12)15-10(6-9-14(24)25)2-1-3-13(15)17(21,22)23/h1-9H,(H,24,25)/b9-6+. The van der Waals surface area contributed by atoms with Crippen LogP contribution in [0.25, 0.3) is 17.2 Å². The molecule has 0 aliphatic rings. The Morgan fingerprint density at radius 2 is 1.48 bits per heavy atom. The lowest BCUT2D eigenvalue weighted by Gasteiger charge is -2.16. The second-order valence-corrected chi connectivity index (χ2v) is 5.01. The van der Waals surface area contributed by atoms with Gasteiger partial charge in [0.25, 0.3) is 0 Å². The monoisotopic (exact) mass is 360 g/mol. The number of aliphatic carboxylic acids is 1. The zero-order valence-corrected chi connectivity index (χ0v) is 12.3. The van der Waals surface area contributed by atoms with Crippen LogP contribution in [0.3, 0.4) is 0 Å². The van der Waals surface area contributed by atoms with E-state index in [0.29, 0.717) is 18.2 Å². The van der Waals surface area contributed by atoms with Gasteiger partial charge in [-0.2, -0.15) is 26.3 Å². The fraction of sp³-hybridized carbons (Fsp3) is 0.118. The smallest absolute Gasteiger partial charge is 0.417 e. The predicted octanol–water partition coefficient (Wildman–Crippen LogP) is 5.49. The van der Waals surface area contributed by atoms with Gasteiger partial charge in [-0.05, 0) is 35.4 Å². The third-order valence-corrected chi connectivity index (χ3v) is 3.31. The Kier molecular flexibility index (Phi) is 4.92. The van der Waals surface area contributed by atoms with Gasteiger partial charge in [0.15, 0.2) is 0 Å². The van der Waals surface area contributed by atoms with Crippen molar-refractivity contribution in [2.45, 2.75) is 12.4 Å². The van der Waals surface area contributed by atoms with Gasteiger partial charge >= 0.3 is 18.3 Å². The minimum absolute atomic E-state index is 0.0722. The molecule has 1 N–H and O–H groups in total. The van der Waals surface area contributed by atoms with Crippen molar-refractivity contribution in [1.29, 1.82) is 0 Å². The molecule has 0 aliphatic carbocycles. The summed E-state index contributed by atoms with van der Waals surface area (Å²) in [5.41, 5.74) is -2.63. The van der Waals surface area contributed by atoms with E-state index in [1.807, 2.05) is 0 Å². The molecule has 8 heteroatoms. The van der Waals surface area contributed by atoms with Crippen LogP contribution in [-0.2, 0) is 17.1 Å². The molecule has 132 valence electrons. The summed E-state index contributed by atoms with van der Waals surface area (Å²) in [6, 6.07) is 6.32. The van der Waals surface area contributed by atoms with Gasteiger partial charge in [-0.3, -0.25) is 0 Å². The minimum Gasteiger partial charge on any atom is -0.478 e. The van der Waals surface area contributed by atoms with E-state index < -0.39 is 29.4 Å². The zero-order chi connectivity index (χ0) is 18.8. The normalized spacial score (nSPS) is 12.6. The Morgan fingerprint density at radius 1 is 0.880 bits per heavy atom. The van der Waals surface area contributed by atoms with Gasteiger partial charge < -0.3 is 5.11 Å². The summed E-state index contributed by atoms with van der Waals surface area (Å²) in [4.78, 5) is 10.6. The highest BCUT2D eigenvalue weighted by atomic mass is 19.4. The highest BCUT2D eigenvalue weighted by Gasteiger charge is 2.35. The first kappa shape index (κ1) is 18.6. The number of hydrogen-bond acceptors (Lipinski definition) is 1. The maximum atomic E-state index is 13.3. The molecule has 2 aromatic rings. The van der Waals surface area contributed by atoms with E-state index in [-0.39, 0.29) is 16.7 Å². The number of halogens is 6. The molecule has 0 aromatic heterocycles. The molecular weight excluding hydrogens is 350 g/mol. The van der Waals surface area contributed by atoms with Gasteiger partial charge in [-0.15, -0.1) is 0 Å². The van der Waals surface area contributed by atoms with Crippen molar-refractivity contribution in [3.63, 3.8) is 0 Å². The van der Waals surface area contributed by atoms with Crippen LogP contribution in [0.5, 0.6) is 0 Å². The number of benzene rings is 2. The first-order chi connectivity index (χ1) is 11.5. The van der Waals surface area contributed by atoms with Gasteiger partial charge in [0.1, 0.15) is 0 Å². The fourth-order valence-electron chi connectivity index (χ4n) is 2.25.